The van der Waals surface area contributed by atoms with Crippen molar-refractivity contribution in [1.29, 1.82) is 0 Å². The van der Waals surface area contributed by atoms with Crippen molar-refractivity contribution in [3.8, 4) is 11.5 Å². The van der Waals surface area contributed by atoms with E-state index in [1.165, 1.54) is 24.3 Å². The zero-order chi connectivity index (χ0) is 23.6. The average molecular weight is 468 g/mol. The number of esters is 1. The lowest BCUT2D eigenvalue weighted by molar-refractivity contribution is -0.384. The van der Waals surface area contributed by atoms with Crippen molar-refractivity contribution in [3.63, 3.8) is 0 Å². The van der Waals surface area contributed by atoms with Crippen LogP contribution in [-0.2, 0) is 14.1 Å². The van der Waals surface area contributed by atoms with Gasteiger partial charge in [0.1, 0.15) is 24.2 Å². The molecule has 0 bridgehead atoms. The zero-order valence-corrected chi connectivity index (χ0v) is 18.7. The molecule has 1 unspecified atom stereocenters. The van der Waals surface area contributed by atoms with Crippen LogP contribution in [0.1, 0.15) is 26.7 Å². The zero-order valence-electron chi connectivity index (χ0n) is 17.8. The average Bonchev–Trinajstić information content (AvgIpc) is 2.79. The van der Waals surface area contributed by atoms with Crippen molar-refractivity contribution < 1.29 is 32.5 Å². The fraction of sp³-hybridized carbons (Fsp3) is 0.381. The standard InChI is InChI=1S/C21H26FN2O7P/c1-3-16(4-2)15-29-21(25)20(14-22)23-32(28,30-18-8-6-5-7-9-18)31-19-12-10-17(11-13-19)24(26)27/h5-13,16,20H,3-4,14-15H2,1-2H3,(H,23,28)/t20-,32?/m0/s1. The second-order valence-electron chi connectivity index (χ2n) is 6.89. The molecule has 2 aromatic rings. The Morgan fingerprint density at radius 2 is 1.62 bits per heavy atom. The molecule has 9 nitrogen and oxygen atoms in total. The number of carbonyl (C=O) groups excluding carboxylic acids is 1. The van der Waals surface area contributed by atoms with E-state index in [-0.39, 0.29) is 29.7 Å². The lowest BCUT2D eigenvalue weighted by atomic mass is 10.1. The number of carbonyl (C=O) groups is 1. The van der Waals surface area contributed by atoms with Gasteiger partial charge in [-0.25, -0.2) is 8.96 Å². The van der Waals surface area contributed by atoms with Gasteiger partial charge in [-0.3, -0.25) is 14.9 Å². The van der Waals surface area contributed by atoms with Crippen LogP contribution in [0.3, 0.4) is 0 Å². The highest BCUT2D eigenvalue weighted by Crippen LogP contribution is 2.45. The quantitative estimate of drug-likeness (QED) is 0.187. The molecule has 0 heterocycles. The molecule has 0 aliphatic heterocycles. The summed E-state index contributed by atoms with van der Waals surface area (Å²) >= 11 is 0. The maximum absolute atomic E-state index is 13.7. The summed E-state index contributed by atoms with van der Waals surface area (Å²) in [7, 11) is -4.35. The number of rotatable bonds is 13. The number of para-hydroxylation sites is 1. The van der Waals surface area contributed by atoms with E-state index >= 15 is 0 Å². The van der Waals surface area contributed by atoms with Gasteiger partial charge in [-0.15, -0.1) is 0 Å². The molecule has 2 rings (SSSR count). The van der Waals surface area contributed by atoms with E-state index in [2.05, 4.69) is 5.09 Å². The van der Waals surface area contributed by atoms with Crippen LogP contribution < -0.4 is 14.1 Å². The second kappa shape index (κ2) is 12.2. The van der Waals surface area contributed by atoms with Crippen molar-refractivity contribution in [2.75, 3.05) is 13.3 Å². The topological polar surface area (TPSA) is 117 Å². The second-order valence-corrected chi connectivity index (χ2v) is 8.51. The highest BCUT2D eigenvalue weighted by molar-refractivity contribution is 7.52. The van der Waals surface area contributed by atoms with E-state index in [1.54, 1.807) is 18.2 Å². The molecule has 2 atom stereocenters. The van der Waals surface area contributed by atoms with Gasteiger partial charge < -0.3 is 13.8 Å². The van der Waals surface area contributed by atoms with Crippen molar-refractivity contribution in [3.05, 3.63) is 64.7 Å². The van der Waals surface area contributed by atoms with Crippen LogP contribution in [0.5, 0.6) is 11.5 Å². The van der Waals surface area contributed by atoms with Crippen molar-refractivity contribution in [1.82, 2.24) is 5.09 Å². The number of ether oxygens (including phenoxy) is 1. The van der Waals surface area contributed by atoms with Crippen LogP contribution in [-0.4, -0.2) is 30.2 Å². The number of non-ortho nitro benzene ring substituents is 1. The van der Waals surface area contributed by atoms with Gasteiger partial charge in [-0.05, 0) is 30.2 Å². The van der Waals surface area contributed by atoms with Crippen molar-refractivity contribution in [2.45, 2.75) is 32.7 Å². The number of halogens is 1. The van der Waals surface area contributed by atoms with Crippen LogP contribution in [0.4, 0.5) is 10.1 Å². The van der Waals surface area contributed by atoms with E-state index in [0.29, 0.717) is 0 Å². The first kappa shape index (κ1) is 25.3. The molecule has 0 amide bonds. The van der Waals surface area contributed by atoms with Crippen LogP contribution in [0.15, 0.2) is 54.6 Å². The Balaban J connectivity index is 2.21. The number of nitro groups is 1. The Morgan fingerprint density at radius 3 is 2.12 bits per heavy atom. The minimum absolute atomic E-state index is 0.0367. The van der Waals surface area contributed by atoms with E-state index in [4.69, 9.17) is 13.8 Å². The van der Waals surface area contributed by atoms with Crippen LogP contribution in [0, 0.1) is 16.0 Å². The molecular formula is C21H26FN2O7P. The molecule has 0 saturated heterocycles. The molecule has 11 heteroatoms. The van der Waals surface area contributed by atoms with Gasteiger partial charge in [0.25, 0.3) is 5.69 Å². The number of hydrogen-bond acceptors (Lipinski definition) is 7. The molecule has 0 spiro atoms. The molecule has 0 saturated carbocycles. The number of hydrogen-bond donors (Lipinski definition) is 1. The van der Waals surface area contributed by atoms with Gasteiger partial charge >= 0.3 is 13.7 Å². The summed E-state index contributed by atoms with van der Waals surface area (Å²) in [5.74, 6) is -0.690. The summed E-state index contributed by atoms with van der Waals surface area (Å²) in [6.07, 6.45) is 1.58. The van der Waals surface area contributed by atoms with Gasteiger partial charge in [-0.2, -0.15) is 5.09 Å². The summed E-state index contributed by atoms with van der Waals surface area (Å²) in [5, 5.41) is 13.1. The predicted molar refractivity (Wildman–Crippen MR) is 116 cm³/mol. The summed E-state index contributed by atoms with van der Waals surface area (Å²) in [5.41, 5.74) is -0.198. The van der Waals surface area contributed by atoms with Gasteiger partial charge in [0.2, 0.25) is 0 Å². The van der Waals surface area contributed by atoms with Crippen LogP contribution in [0.2, 0.25) is 0 Å². The van der Waals surface area contributed by atoms with Gasteiger partial charge in [0.15, 0.2) is 0 Å². The number of nitrogens with zero attached hydrogens (tertiary/aromatic N) is 1. The SMILES string of the molecule is CCC(CC)COC(=O)[C@H](CF)NP(=O)(Oc1ccccc1)Oc1ccc([N+](=O)[O-])cc1. The largest absolute Gasteiger partial charge is 0.513 e. The van der Waals surface area contributed by atoms with Gasteiger partial charge in [0.05, 0.1) is 11.5 Å². The number of alkyl halides is 1. The first-order valence-electron chi connectivity index (χ1n) is 10.1. The van der Waals surface area contributed by atoms with Crippen LogP contribution >= 0.6 is 7.75 Å². The highest BCUT2D eigenvalue weighted by Gasteiger charge is 2.36. The van der Waals surface area contributed by atoms with Crippen molar-refractivity contribution in [2.24, 2.45) is 5.92 Å². The highest BCUT2D eigenvalue weighted by atomic mass is 31.2. The third-order valence-electron chi connectivity index (χ3n) is 4.61. The summed E-state index contributed by atoms with van der Waals surface area (Å²) in [6.45, 7) is 2.80. The summed E-state index contributed by atoms with van der Waals surface area (Å²) < 4.78 is 43.1. The smallest absolute Gasteiger partial charge is 0.464 e. The minimum Gasteiger partial charge on any atom is -0.464 e. The minimum atomic E-state index is -4.35. The predicted octanol–water partition coefficient (Wildman–Crippen LogP) is 5.07. The Hall–Kier alpha value is -2.97. The maximum Gasteiger partial charge on any atom is 0.513 e. The number of benzene rings is 2. The molecule has 0 aliphatic carbocycles. The molecule has 32 heavy (non-hydrogen) atoms. The lowest BCUT2D eigenvalue weighted by Gasteiger charge is -2.24. The first-order chi connectivity index (χ1) is 15.3. The number of nitro benzene ring substituents is 1. The van der Waals surface area contributed by atoms with E-state index in [9.17, 15) is 23.9 Å². The first-order valence-corrected chi connectivity index (χ1v) is 11.6. The fourth-order valence-electron chi connectivity index (χ4n) is 2.62. The number of nitrogens with one attached hydrogen (secondary N) is 1. The molecule has 2 aromatic carbocycles. The van der Waals surface area contributed by atoms with E-state index in [1.807, 2.05) is 13.8 Å². The third-order valence-corrected chi connectivity index (χ3v) is 6.14. The molecule has 0 fully saturated rings. The normalized spacial score (nSPS) is 13.8. The van der Waals surface area contributed by atoms with Crippen LogP contribution in [0.25, 0.3) is 0 Å². The Bertz CT molecular complexity index is 924. The third kappa shape index (κ3) is 7.62. The Labute approximate surface area is 185 Å². The molecule has 0 radical (unpaired) electrons. The molecular weight excluding hydrogens is 442 g/mol. The lowest BCUT2D eigenvalue weighted by Crippen LogP contribution is -2.40. The monoisotopic (exact) mass is 468 g/mol. The molecule has 174 valence electrons. The summed E-state index contributed by atoms with van der Waals surface area (Å²) in [6, 6.07) is 11.1. The maximum atomic E-state index is 13.7. The van der Waals surface area contributed by atoms with E-state index < -0.39 is 31.4 Å². The Kier molecular flexibility index (Phi) is 9.61. The molecule has 0 aliphatic rings. The van der Waals surface area contributed by atoms with Crippen molar-refractivity contribution >= 4 is 19.4 Å². The Morgan fingerprint density at radius 1 is 1.06 bits per heavy atom. The molecule has 0 aromatic heterocycles. The molecule has 1 N–H and O–H groups in total. The van der Waals surface area contributed by atoms with Gasteiger partial charge in [0, 0.05) is 12.1 Å². The summed E-state index contributed by atoms with van der Waals surface area (Å²) in [4.78, 5) is 22.6. The van der Waals surface area contributed by atoms with Gasteiger partial charge in [-0.1, -0.05) is 44.9 Å². The fourth-order valence-corrected chi connectivity index (χ4v) is 4.12. The van der Waals surface area contributed by atoms with E-state index in [0.717, 1.165) is 25.0 Å².